The predicted molar refractivity (Wildman–Crippen MR) is 71.0 cm³/mol. The third kappa shape index (κ3) is 3.01. The Kier molecular flexibility index (Phi) is 4.20. The molecule has 0 aromatic heterocycles. The summed E-state index contributed by atoms with van der Waals surface area (Å²) in [6.45, 7) is 2.08. The van der Waals surface area contributed by atoms with Crippen molar-refractivity contribution in [3.63, 3.8) is 0 Å². The van der Waals surface area contributed by atoms with Gasteiger partial charge in [-0.25, -0.2) is 0 Å². The fourth-order valence-electron chi connectivity index (χ4n) is 2.25. The number of benzene rings is 1. The van der Waals surface area contributed by atoms with Gasteiger partial charge in [-0.2, -0.15) is 0 Å². The van der Waals surface area contributed by atoms with Gasteiger partial charge >= 0.3 is 0 Å². The highest BCUT2D eigenvalue weighted by Gasteiger charge is 2.20. The van der Waals surface area contributed by atoms with Gasteiger partial charge in [-0.1, -0.05) is 12.1 Å². The van der Waals surface area contributed by atoms with Gasteiger partial charge in [0.2, 0.25) is 0 Å². The molecule has 0 spiro atoms. The molecule has 1 N–H and O–H groups in total. The molecule has 4 heteroatoms. The lowest BCUT2D eigenvalue weighted by Crippen LogP contribution is -2.43. The van der Waals surface area contributed by atoms with Gasteiger partial charge < -0.3 is 15.0 Å². The van der Waals surface area contributed by atoms with Crippen molar-refractivity contribution < 1.29 is 9.53 Å². The summed E-state index contributed by atoms with van der Waals surface area (Å²) in [6, 6.07) is 7.60. The van der Waals surface area contributed by atoms with E-state index in [4.69, 9.17) is 4.74 Å². The van der Waals surface area contributed by atoms with Crippen LogP contribution in [0.15, 0.2) is 24.3 Å². The van der Waals surface area contributed by atoms with Crippen molar-refractivity contribution in [1.82, 2.24) is 10.2 Å². The molecule has 0 atom stereocenters. The van der Waals surface area contributed by atoms with Gasteiger partial charge in [-0.05, 0) is 45.1 Å². The fourth-order valence-corrected chi connectivity index (χ4v) is 2.25. The molecule has 0 saturated carbocycles. The van der Waals surface area contributed by atoms with E-state index in [0.717, 1.165) is 25.9 Å². The number of carbonyl (C=O) groups is 1. The van der Waals surface area contributed by atoms with Crippen LogP contribution in [0.4, 0.5) is 0 Å². The van der Waals surface area contributed by atoms with E-state index in [9.17, 15) is 4.79 Å². The molecule has 1 aromatic rings. The summed E-state index contributed by atoms with van der Waals surface area (Å²) in [6.07, 6.45) is 2.02. The van der Waals surface area contributed by atoms with Crippen LogP contribution in [0.25, 0.3) is 0 Å². The zero-order valence-corrected chi connectivity index (χ0v) is 11.0. The van der Waals surface area contributed by atoms with Crippen LogP contribution < -0.4 is 10.1 Å². The number of piperidine rings is 1. The number of para-hydroxylation sites is 1. The number of methoxy groups -OCH3 is 1. The number of amides is 1. The molecule has 1 aliphatic rings. The first-order valence-electron chi connectivity index (χ1n) is 6.33. The largest absolute Gasteiger partial charge is 0.496 e. The van der Waals surface area contributed by atoms with Gasteiger partial charge in [0, 0.05) is 6.04 Å². The van der Waals surface area contributed by atoms with Crippen molar-refractivity contribution in [3.8, 4) is 5.75 Å². The van der Waals surface area contributed by atoms with Crippen molar-refractivity contribution in [2.24, 2.45) is 0 Å². The molecule has 1 heterocycles. The maximum Gasteiger partial charge on any atom is 0.255 e. The fraction of sp³-hybridized carbons (Fsp3) is 0.500. The highest BCUT2D eigenvalue weighted by Crippen LogP contribution is 2.18. The van der Waals surface area contributed by atoms with Crippen LogP contribution in [0.2, 0.25) is 0 Å². The standard InChI is InChI=1S/C14H20N2O2/c1-16-9-7-11(8-10-16)15-14(17)12-5-3-4-6-13(12)18-2/h3-6,11H,7-10H2,1-2H3,(H,15,17). The Bertz CT molecular complexity index is 412. The SMILES string of the molecule is COc1ccccc1C(=O)NC1CCN(C)CC1. The minimum Gasteiger partial charge on any atom is -0.496 e. The van der Waals surface area contributed by atoms with Crippen LogP contribution in [-0.2, 0) is 0 Å². The molecule has 0 radical (unpaired) electrons. The summed E-state index contributed by atoms with van der Waals surface area (Å²) in [5, 5.41) is 3.08. The third-order valence-electron chi connectivity index (χ3n) is 3.41. The maximum atomic E-state index is 12.2. The lowest BCUT2D eigenvalue weighted by Gasteiger charge is -2.29. The lowest BCUT2D eigenvalue weighted by molar-refractivity contribution is 0.0914. The van der Waals surface area contributed by atoms with E-state index in [0.29, 0.717) is 11.3 Å². The summed E-state index contributed by atoms with van der Waals surface area (Å²) in [5.41, 5.74) is 0.610. The lowest BCUT2D eigenvalue weighted by atomic mass is 10.0. The van der Waals surface area contributed by atoms with Gasteiger partial charge in [0.05, 0.1) is 12.7 Å². The number of rotatable bonds is 3. The number of nitrogens with one attached hydrogen (secondary N) is 1. The molecule has 2 rings (SSSR count). The molecule has 1 aromatic carbocycles. The summed E-state index contributed by atoms with van der Waals surface area (Å²) < 4.78 is 5.20. The van der Waals surface area contributed by atoms with E-state index >= 15 is 0 Å². The number of hydrogen-bond donors (Lipinski definition) is 1. The average Bonchev–Trinajstić information content (AvgIpc) is 2.41. The Hall–Kier alpha value is -1.55. The Labute approximate surface area is 108 Å². The van der Waals surface area contributed by atoms with E-state index in [1.807, 2.05) is 18.2 Å². The summed E-state index contributed by atoms with van der Waals surface area (Å²) in [5.74, 6) is 0.588. The van der Waals surface area contributed by atoms with E-state index in [-0.39, 0.29) is 11.9 Å². The number of hydrogen-bond acceptors (Lipinski definition) is 3. The molecule has 1 aliphatic heterocycles. The van der Waals surface area contributed by atoms with Crippen LogP contribution >= 0.6 is 0 Å². The van der Waals surface area contributed by atoms with Gasteiger partial charge in [0.1, 0.15) is 5.75 Å². The summed E-state index contributed by atoms with van der Waals surface area (Å²) in [7, 11) is 3.69. The molecule has 0 aliphatic carbocycles. The van der Waals surface area contributed by atoms with Gasteiger partial charge in [0.15, 0.2) is 0 Å². The molecule has 1 fully saturated rings. The van der Waals surface area contributed by atoms with Crippen molar-refractivity contribution in [1.29, 1.82) is 0 Å². The number of nitrogens with zero attached hydrogens (tertiary/aromatic N) is 1. The highest BCUT2D eigenvalue weighted by atomic mass is 16.5. The number of carbonyl (C=O) groups excluding carboxylic acids is 1. The predicted octanol–water partition coefficient (Wildman–Crippen LogP) is 1.52. The zero-order valence-electron chi connectivity index (χ0n) is 11.0. The first kappa shape index (κ1) is 12.9. The second kappa shape index (κ2) is 5.87. The minimum absolute atomic E-state index is 0.0398. The van der Waals surface area contributed by atoms with Crippen molar-refractivity contribution >= 4 is 5.91 Å². The zero-order chi connectivity index (χ0) is 13.0. The molecule has 0 bridgehead atoms. The Morgan fingerprint density at radius 2 is 2.00 bits per heavy atom. The van der Waals surface area contributed by atoms with E-state index in [1.54, 1.807) is 13.2 Å². The molecular weight excluding hydrogens is 228 g/mol. The van der Waals surface area contributed by atoms with E-state index < -0.39 is 0 Å². The second-order valence-corrected chi connectivity index (χ2v) is 4.75. The van der Waals surface area contributed by atoms with Crippen molar-refractivity contribution in [2.45, 2.75) is 18.9 Å². The minimum atomic E-state index is -0.0398. The average molecular weight is 248 g/mol. The molecule has 98 valence electrons. The van der Waals surface area contributed by atoms with Crippen LogP contribution in [0.1, 0.15) is 23.2 Å². The molecular formula is C14H20N2O2. The Balaban J connectivity index is 1.99. The topological polar surface area (TPSA) is 41.6 Å². The first-order valence-corrected chi connectivity index (χ1v) is 6.33. The Morgan fingerprint density at radius 3 is 2.67 bits per heavy atom. The van der Waals surface area contributed by atoms with Crippen LogP contribution in [-0.4, -0.2) is 44.1 Å². The number of likely N-dealkylation sites (tertiary alicyclic amines) is 1. The van der Waals surface area contributed by atoms with Gasteiger partial charge in [-0.15, -0.1) is 0 Å². The monoisotopic (exact) mass is 248 g/mol. The van der Waals surface area contributed by atoms with Gasteiger partial charge in [-0.3, -0.25) is 4.79 Å². The Morgan fingerprint density at radius 1 is 1.33 bits per heavy atom. The van der Waals surface area contributed by atoms with E-state index in [1.165, 1.54) is 0 Å². The quantitative estimate of drug-likeness (QED) is 0.881. The third-order valence-corrected chi connectivity index (χ3v) is 3.41. The second-order valence-electron chi connectivity index (χ2n) is 4.75. The van der Waals surface area contributed by atoms with Crippen molar-refractivity contribution in [2.75, 3.05) is 27.2 Å². The molecule has 1 amide bonds. The smallest absolute Gasteiger partial charge is 0.255 e. The van der Waals surface area contributed by atoms with Crippen LogP contribution in [0.5, 0.6) is 5.75 Å². The summed E-state index contributed by atoms with van der Waals surface area (Å²) >= 11 is 0. The van der Waals surface area contributed by atoms with Crippen LogP contribution in [0, 0.1) is 0 Å². The van der Waals surface area contributed by atoms with E-state index in [2.05, 4.69) is 17.3 Å². The normalized spacial score (nSPS) is 17.4. The maximum absolute atomic E-state index is 12.2. The molecule has 1 saturated heterocycles. The summed E-state index contributed by atoms with van der Waals surface area (Å²) in [4.78, 5) is 14.5. The van der Waals surface area contributed by atoms with Crippen LogP contribution in [0.3, 0.4) is 0 Å². The molecule has 4 nitrogen and oxygen atoms in total. The van der Waals surface area contributed by atoms with Gasteiger partial charge in [0.25, 0.3) is 5.91 Å². The highest BCUT2D eigenvalue weighted by molar-refractivity contribution is 5.97. The van der Waals surface area contributed by atoms with Crippen molar-refractivity contribution in [3.05, 3.63) is 29.8 Å². The first-order chi connectivity index (χ1) is 8.70. The molecule has 18 heavy (non-hydrogen) atoms. The molecule has 0 unspecified atom stereocenters. The number of ether oxygens (including phenoxy) is 1.